The lowest BCUT2D eigenvalue weighted by molar-refractivity contribution is 0.129. The van der Waals surface area contributed by atoms with Crippen LogP contribution in [0.15, 0.2) is 57.9 Å². The van der Waals surface area contributed by atoms with Gasteiger partial charge in [0, 0.05) is 50.3 Å². The third kappa shape index (κ3) is 5.78. The zero-order valence-corrected chi connectivity index (χ0v) is 18.4. The molecule has 1 fully saturated rings. The summed E-state index contributed by atoms with van der Waals surface area (Å²) in [4.78, 5) is 4.88. The van der Waals surface area contributed by atoms with Crippen molar-refractivity contribution in [3.63, 3.8) is 0 Å². The van der Waals surface area contributed by atoms with Crippen molar-refractivity contribution in [1.82, 2.24) is 14.5 Å². The lowest BCUT2D eigenvalue weighted by atomic mass is 10.2. The first-order valence-corrected chi connectivity index (χ1v) is 11.6. The van der Waals surface area contributed by atoms with E-state index >= 15 is 0 Å². The summed E-state index contributed by atoms with van der Waals surface area (Å²) in [5.74, 6) is 0.338. The molecule has 0 aliphatic carbocycles. The van der Waals surface area contributed by atoms with E-state index in [4.69, 9.17) is 4.74 Å². The number of halogens is 1. The Hall–Kier alpha value is -1.45. The molecule has 0 bridgehead atoms. The first-order chi connectivity index (χ1) is 13.5. The topological polar surface area (TPSA) is 61.9 Å². The van der Waals surface area contributed by atoms with Gasteiger partial charge in [0.25, 0.3) is 0 Å². The highest BCUT2D eigenvalue weighted by atomic mass is 79.9. The lowest BCUT2D eigenvalue weighted by Crippen LogP contribution is -2.48. The number of benzene rings is 2. The third-order valence-corrected chi connectivity index (χ3v) is 6.82. The summed E-state index contributed by atoms with van der Waals surface area (Å²) in [7, 11) is -2.15. The summed E-state index contributed by atoms with van der Waals surface area (Å²) >= 11 is 3.32. The molecular formula is C20H26BrN3O3S. The van der Waals surface area contributed by atoms with Gasteiger partial charge in [-0.2, -0.15) is 0 Å². The van der Waals surface area contributed by atoms with Gasteiger partial charge in [-0.3, -0.25) is 9.80 Å². The average Bonchev–Trinajstić information content (AvgIpc) is 2.70. The van der Waals surface area contributed by atoms with Crippen molar-refractivity contribution >= 4 is 26.0 Å². The summed E-state index contributed by atoms with van der Waals surface area (Å²) in [6, 6.07) is 15.4. The van der Waals surface area contributed by atoms with E-state index in [1.165, 1.54) is 12.7 Å². The zero-order valence-electron chi connectivity index (χ0n) is 16.0. The van der Waals surface area contributed by atoms with Crippen molar-refractivity contribution in [1.29, 1.82) is 0 Å². The largest absolute Gasteiger partial charge is 0.495 e. The standard InChI is InChI=1S/C20H26BrN3O3S/c1-27-19-8-7-18(21)15-20(19)28(25,26)22-9-10-23-11-13-24(14-12-23)16-17-5-3-2-4-6-17/h2-8,15,22H,9-14,16H2,1H3. The molecule has 0 aromatic heterocycles. The Balaban J connectivity index is 1.46. The van der Waals surface area contributed by atoms with Crippen LogP contribution in [0.3, 0.4) is 0 Å². The minimum absolute atomic E-state index is 0.150. The van der Waals surface area contributed by atoms with Gasteiger partial charge in [0.05, 0.1) is 7.11 Å². The molecule has 6 nitrogen and oxygen atoms in total. The molecule has 1 aliphatic rings. The molecule has 1 heterocycles. The van der Waals surface area contributed by atoms with Crippen LogP contribution < -0.4 is 9.46 Å². The summed E-state index contributed by atoms with van der Waals surface area (Å²) in [6.45, 7) is 5.88. The zero-order chi connectivity index (χ0) is 20.0. The Morgan fingerprint density at radius 1 is 1.04 bits per heavy atom. The minimum atomic E-state index is -3.62. The number of methoxy groups -OCH3 is 1. The van der Waals surface area contributed by atoms with Crippen molar-refractivity contribution in [2.75, 3.05) is 46.4 Å². The molecule has 1 saturated heterocycles. The quantitative estimate of drug-likeness (QED) is 0.646. The molecular weight excluding hydrogens is 442 g/mol. The second kappa shape index (κ2) is 9.84. The summed E-state index contributed by atoms with van der Waals surface area (Å²) in [5.41, 5.74) is 1.33. The van der Waals surface area contributed by atoms with Gasteiger partial charge in [-0.05, 0) is 23.8 Å². The molecule has 1 aliphatic heterocycles. The van der Waals surface area contributed by atoms with Crippen molar-refractivity contribution < 1.29 is 13.2 Å². The molecule has 8 heteroatoms. The van der Waals surface area contributed by atoms with E-state index in [0.717, 1.165) is 32.7 Å². The summed E-state index contributed by atoms with van der Waals surface area (Å²) < 4.78 is 33.8. The predicted molar refractivity (Wildman–Crippen MR) is 114 cm³/mol. The third-order valence-electron chi connectivity index (χ3n) is 4.85. The highest BCUT2D eigenvalue weighted by Gasteiger charge is 2.21. The van der Waals surface area contributed by atoms with Crippen LogP contribution in [0.1, 0.15) is 5.56 Å². The van der Waals surface area contributed by atoms with E-state index in [-0.39, 0.29) is 4.90 Å². The molecule has 0 spiro atoms. The van der Waals surface area contributed by atoms with Crippen LogP contribution in [0.25, 0.3) is 0 Å². The molecule has 0 atom stereocenters. The Labute approximate surface area is 175 Å². The molecule has 0 saturated carbocycles. The molecule has 28 heavy (non-hydrogen) atoms. The Morgan fingerprint density at radius 2 is 1.71 bits per heavy atom. The Bertz CT molecular complexity index is 870. The lowest BCUT2D eigenvalue weighted by Gasteiger charge is -2.34. The number of sulfonamides is 1. The van der Waals surface area contributed by atoms with Gasteiger partial charge in [-0.15, -0.1) is 0 Å². The van der Waals surface area contributed by atoms with Gasteiger partial charge in [0.15, 0.2) is 0 Å². The number of hydrogen-bond acceptors (Lipinski definition) is 5. The summed E-state index contributed by atoms with van der Waals surface area (Å²) in [5, 5.41) is 0. The fraction of sp³-hybridized carbons (Fsp3) is 0.400. The highest BCUT2D eigenvalue weighted by Crippen LogP contribution is 2.26. The van der Waals surface area contributed by atoms with Crippen molar-refractivity contribution in [3.05, 3.63) is 58.6 Å². The molecule has 3 rings (SSSR count). The highest BCUT2D eigenvalue weighted by molar-refractivity contribution is 9.10. The van der Waals surface area contributed by atoms with Crippen LogP contribution in [0.4, 0.5) is 0 Å². The maximum absolute atomic E-state index is 12.6. The van der Waals surface area contributed by atoms with E-state index in [2.05, 4.69) is 54.7 Å². The molecule has 0 amide bonds. The molecule has 0 unspecified atom stereocenters. The van der Waals surface area contributed by atoms with E-state index in [1.807, 2.05) is 6.07 Å². The average molecular weight is 468 g/mol. The molecule has 2 aromatic rings. The monoisotopic (exact) mass is 467 g/mol. The maximum atomic E-state index is 12.6. The van der Waals surface area contributed by atoms with Gasteiger partial charge in [-0.25, -0.2) is 13.1 Å². The van der Waals surface area contributed by atoms with Crippen LogP contribution in [-0.4, -0.2) is 64.6 Å². The number of nitrogens with one attached hydrogen (secondary N) is 1. The van der Waals surface area contributed by atoms with Crippen LogP contribution in [0.2, 0.25) is 0 Å². The Morgan fingerprint density at radius 3 is 2.39 bits per heavy atom. The first-order valence-electron chi connectivity index (χ1n) is 9.30. The normalized spacial score (nSPS) is 16.2. The fourth-order valence-electron chi connectivity index (χ4n) is 3.29. The van der Waals surface area contributed by atoms with Crippen molar-refractivity contribution in [2.45, 2.75) is 11.4 Å². The smallest absolute Gasteiger partial charge is 0.244 e. The second-order valence-electron chi connectivity index (χ2n) is 6.80. The van der Waals surface area contributed by atoms with E-state index in [0.29, 0.717) is 23.3 Å². The van der Waals surface area contributed by atoms with E-state index < -0.39 is 10.0 Å². The minimum Gasteiger partial charge on any atom is -0.495 e. The van der Waals surface area contributed by atoms with Gasteiger partial charge < -0.3 is 4.74 Å². The van der Waals surface area contributed by atoms with Gasteiger partial charge in [0.2, 0.25) is 10.0 Å². The van der Waals surface area contributed by atoms with Crippen LogP contribution in [0.5, 0.6) is 5.75 Å². The molecule has 152 valence electrons. The fourth-order valence-corrected chi connectivity index (χ4v) is 5.02. The maximum Gasteiger partial charge on any atom is 0.244 e. The van der Waals surface area contributed by atoms with E-state index in [9.17, 15) is 8.42 Å². The van der Waals surface area contributed by atoms with Gasteiger partial charge in [0.1, 0.15) is 10.6 Å². The SMILES string of the molecule is COc1ccc(Br)cc1S(=O)(=O)NCCN1CCN(Cc2ccccc2)CC1. The number of hydrogen-bond donors (Lipinski definition) is 1. The van der Waals surface area contributed by atoms with Gasteiger partial charge >= 0.3 is 0 Å². The summed E-state index contributed by atoms with van der Waals surface area (Å²) in [6.07, 6.45) is 0. The van der Waals surface area contributed by atoms with Crippen LogP contribution >= 0.6 is 15.9 Å². The van der Waals surface area contributed by atoms with Gasteiger partial charge in [-0.1, -0.05) is 46.3 Å². The van der Waals surface area contributed by atoms with Crippen LogP contribution in [-0.2, 0) is 16.6 Å². The van der Waals surface area contributed by atoms with Crippen molar-refractivity contribution in [3.8, 4) is 5.75 Å². The second-order valence-corrected chi connectivity index (χ2v) is 9.45. The molecule has 0 radical (unpaired) electrons. The molecule has 2 aromatic carbocycles. The van der Waals surface area contributed by atoms with Crippen molar-refractivity contribution in [2.24, 2.45) is 0 Å². The number of nitrogens with zero attached hydrogens (tertiary/aromatic N) is 2. The van der Waals surface area contributed by atoms with E-state index in [1.54, 1.807) is 18.2 Å². The number of ether oxygens (including phenoxy) is 1. The van der Waals surface area contributed by atoms with Crippen LogP contribution in [0, 0.1) is 0 Å². The molecule has 1 N–H and O–H groups in total. The first kappa shape index (κ1) is 21.3. The Kier molecular flexibility index (Phi) is 7.48. The predicted octanol–water partition coefficient (Wildman–Crippen LogP) is 2.55. The number of piperazine rings is 1. The number of rotatable bonds is 8.